The number of thiophene rings is 1. The molecule has 1 fully saturated rings. The van der Waals surface area contributed by atoms with E-state index in [9.17, 15) is 4.79 Å². The average molecular weight is 550 g/mol. The number of halogens is 1. The predicted molar refractivity (Wildman–Crippen MR) is 138 cm³/mol. The number of carbonyl (C=O) groups excluding carboxylic acids is 1. The fourth-order valence-corrected chi connectivity index (χ4v) is 5.75. The van der Waals surface area contributed by atoms with Crippen LogP contribution in [-0.2, 0) is 6.54 Å². The zero-order valence-corrected chi connectivity index (χ0v) is 20.4. The number of hydrogen-bond acceptors (Lipinski definition) is 3. The number of amides is 1. The highest BCUT2D eigenvalue weighted by Gasteiger charge is 2.44. The van der Waals surface area contributed by atoms with E-state index in [0.717, 1.165) is 15.6 Å². The van der Waals surface area contributed by atoms with Crippen molar-refractivity contribution in [3.63, 3.8) is 0 Å². The molecule has 0 spiro atoms. The molecular formula is C27H23IN2OS. The Morgan fingerprint density at radius 3 is 2.09 bits per heavy atom. The number of rotatable bonds is 5. The second kappa shape index (κ2) is 9.57. The average Bonchev–Trinajstić information content (AvgIpc) is 3.49. The van der Waals surface area contributed by atoms with E-state index in [1.807, 2.05) is 41.4 Å². The van der Waals surface area contributed by atoms with Gasteiger partial charge < -0.3 is 0 Å². The summed E-state index contributed by atoms with van der Waals surface area (Å²) in [4.78, 5) is 14.0. The summed E-state index contributed by atoms with van der Waals surface area (Å²) < 4.78 is 0.973. The Hall–Kier alpha value is -2.48. The van der Waals surface area contributed by atoms with Gasteiger partial charge in [0.2, 0.25) is 0 Å². The Morgan fingerprint density at radius 1 is 0.844 bits per heavy atom. The fraction of sp³-hybridized carbons (Fsp3) is 0.148. The van der Waals surface area contributed by atoms with Gasteiger partial charge in [-0.15, -0.1) is 0 Å². The Labute approximate surface area is 206 Å². The lowest BCUT2D eigenvalue weighted by molar-refractivity contribution is -0.0185. The van der Waals surface area contributed by atoms with E-state index >= 15 is 0 Å². The Kier molecular flexibility index (Phi) is 6.39. The zero-order chi connectivity index (χ0) is 21.9. The number of nitrogens with zero attached hydrogens (tertiary/aromatic N) is 2. The Bertz CT molecular complexity index is 1180. The number of carbonyl (C=O) groups is 1. The molecule has 2 heterocycles. The molecule has 0 N–H and O–H groups in total. The van der Waals surface area contributed by atoms with E-state index in [2.05, 4.69) is 93.0 Å². The first-order valence-electron chi connectivity index (χ1n) is 10.7. The van der Waals surface area contributed by atoms with Crippen LogP contribution in [0.2, 0.25) is 0 Å². The highest BCUT2D eigenvalue weighted by molar-refractivity contribution is 14.1. The smallest absolute Gasteiger partial charge is 0.268 e. The quantitative estimate of drug-likeness (QED) is 0.248. The molecule has 3 aromatic carbocycles. The van der Waals surface area contributed by atoms with Crippen molar-refractivity contribution in [3.05, 3.63) is 128 Å². The normalized spacial score (nSPS) is 18.7. The molecule has 2 atom stereocenters. The summed E-state index contributed by atoms with van der Waals surface area (Å²) >= 11 is 3.96. The van der Waals surface area contributed by atoms with E-state index in [-0.39, 0.29) is 18.0 Å². The minimum atomic E-state index is -0.0245. The Balaban J connectivity index is 1.63. The topological polar surface area (TPSA) is 23.6 Å². The van der Waals surface area contributed by atoms with Crippen LogP contribution in [0.1, 0.15) is 45.6 Å². The maximum absolute atomic E-state index is 14.0. The molecule has 0 unspecified atom stereocenters. The van der Waals surface area contributed by atoms with Gasteiger partial charge in [0.1, 0.15) is 0 Å². The summed E-state index contributed by atoms with van der Waals surface area (Å²) in [6.45, 7) is 0.696. The third-order valence-corrected chi connectivity index (χ3v) is 7.66. The molecule has 3 nitrogen and oxygen atoms in total. The van der Waals surface area contributed by atoms with E-state index in [0.29, 0.717) is 6.54 Å². The van der Waals surface area contributed by atoms with Crippen molar-refractivity contribution in [2.45, 2.75) is 25.0 Å². The molecule has 1 amide bonds. The minimum Gasteiger partial charge on any atom is -0.268 e. The molecule has 1 aliphatic rings. The van der Waals surface area contributed by atoms with Crippen LogP contribution in [0.4, 0.5) is 0 Å². The van der Waals surface area contributed by atoms with Gasteiger partial charge in [-0.1, -0.05) is 72.8 Å². The molecule has 0 aliphatic carbocycles. The summed E-state index contributed by atoms with van der Waals surface area (Å²) in [5.41, 5.74) is 4.38. The second-order valence-corrected chi connectivity index (χ2v) is 9.89. The van der Waals surface area contributed by atoms with E-state index in [1.54, 1.807) is 11.3 Å². The monoisotopic (exact) mass is 550 g/mol. The lowest BCUT2D eigenvalue weighted by Crippen LogP contribution is -2.43. The number of benzene rings is 3. The van der Waals surface area contributed by atoms with Gasteiger partial charge in [-0.25, -0.2) is 5.01 Å². The van der Waals surface area contributed by atoms with Crippen LogP contribution in [0, 0.1) is 3.57 Å². The second-order valence-electron chi connectivity index (χ2n) is 7.95. The molecule has 5 heteroatoms. The Morgan fingerprint density at radius 2 is 1.47 bits per heavy atom. The summed E-state index contributed by atoms with van der Waals surface area (Å²) in [7, 11) is 0. The zero-order valence-electron chi connectivity index (χ0n) is 17.5. The summed E-state index contributed by atoms with van der Waals surface area (Å²) in [6.07, 6.45) is 0.854. The third kappa shape index (κ3) is 4.25. The van der Waals surface area contributed by atoms with Crippen molar-refractivity contribution in [3.8, 4) is 0 Å². The lowest BCUT2D eigenvalue weighted by atomic mass is 9.96. The molecule has 0 radical (unpaired) electrons. The van der Waals surface area contributed by atoms with Gasteiger partial charge in [0.05, 0.1) is 17.6 Å². The highest BCUT2D eigenvalue weighted by atomic mass is 127. The van der Waals surface area contributed by atoms with Crippen LogP contribution >= 0.6 is 33.9 Å². The number of hydrogen-bond donors (Lipinski definition) is 0. The molecule has 5 rings (SSSR count). The largest absolute Gasteiger partial charge is 0.269 e. The first kappa shape index (κ1) is 21.4. The van der Waals surface area contributed by atoms with E-state index in [4.69, 9.17) is 0 Å². The summed E-state index contributed by atoms with van der Waals surface area (Å²) in [5, 5.41) is 8.57. The van der Waals surface area contributed by atoms with Gasteiger partial charge in [-0.05, 0) is 74.7 Å². The van der Waals surface area contributed by atoms with Gasteiger partial charge in [0.15, 0.2) is 0 Å². The summed E-state index contributed by atoms with van der Waals surface area (Å²) in [6, 6.07) is 31.1. The fourth-order valence-electron chi connectivity index (χ4n) is 4.47. The maximum Gasteiger partial charge on any atom is 0.269 e. The van der Waals surface area contributed by atoms with Gasteiger partial charge in [0, 0.05) is 10.1 Å². The van der Waals surface area contributed by atoms with Gasteiger partial charge in [-0.2, -0.15) is 11.3 Å². The van der Waals surface area contributed by atoms with Crippen molar-refractivity contribution in [1.29, 1.82) is 0 Å². The molecular weight excluding hydrogens is 527 g/mol. The van der Waals surface area contributed by atoms with Crippen LogP contribution in [0.5, 0.6) is 0 Å². The minimum absolute atomic E-state index is 0.0245. The molecule has 1 saturated heterocycles. The summed E-state index contributed by atoms with van der Waals surface area (Å²) in [5.74, 6) is 0.0533. The molecule has 0 bridgehead atoms. The molecule has 1 aromatic heterocycles. The third-order valence-electron chi connectivity index (χ3n) is 5.98. The predicted octanol–water partition coefficient (Wildman–Crippen LogP) is 7.10. The van der Waals surface area contributed by atoms with Crippen LogP contribution in [-0.4, -0.2) is 15.9 Å². The standard InChI is InChI=1S/C27H23IN2OS/c28-24-14-8-7-13-23(24)27(31)30-26(22-11-5-2-6-12-22)17-25(21-9-3-1-4-10-21)29(30)18-20-15-16-32-19-20/h1-16,19,25-26H,17-18H2/t25-,26+/m1/s1. The molecule has 4 aromatic rings. The molecule has 32 heavy (non-hydrogen) atoms. The van der Waals surface area contributed by atoms with Crippen LogP contribution < -0.4 is 0 Å². The van der Waals surface area contributed by atoms with Crippen molar-refractivity contribution in [2.75, 3.05) is 0 Å². The van der Waals surface area contributed by atoms with Crippen molar-refractivity contribution in [2.24, 2.45) is 0 Å². The lowest BCUT2D eigenvalue weighted by Gasteiger charge is -2.35. The molecule has 0 saturated carbocycles. The maximum atomic E-state index is 14.0. The van der Waals surface area contributed by atoms with Gasteiger partial charge in [0.25, 0.3) is 5.91 Å². The van der Waals surface area contributed by atoms with Gasteiger partial charge >= 0.3 is 0 Å². The van der Waals surface area contributed by atoms with Crippen molar-refractivity contribution in [1.82, 2.24) is 10.0 Å². The SMILES string of the molecule is O=C(c1ccccc1I)N1[C@H](c2ccccc2)C[C@H](c2ccccc2)N1Cc1ccsc1. The first-order valence-corrected chi connectivity index (χ1v) is 12.7. The van der Waals surface area contributed by atoms with Crippen molar-refractivity contribution >= 4 is 39.8 Å². The van der Waals surface area contributed by atoms with Crippen LogP contribution in [0.25, 0.3) is 0 Å². The number of hydrazine groups is 1. The van der Waals surface area contributed by atoms with Crippen molar-refractivity contribution < 1.29 is 4.79 Å². The molecule has 1 aliphatic heterocycles. The first-order chi connectivity index (χ1) is 15.7. The van der Waals surface area contributed by atoms with E-state index in [1.165, 1.54) is 16.7 Å². The van der Waals surface area contributed by atoms with E-state index < -0.39 is 0 Å². The van der Waals surface area contributed by atoms with Gasteiger partial charge in [-0.3, -0.25) is 9.80 Å². The van der Waals surface area contributed by atoms with Crippen LogP contribution in [0.3, 0.4) is 0 Å². The van der Waals surface area contributed by atoms with Crippen LogP contribution in [0.15, 0.2) is 102 Å². The highest BCUT2D eigenvalue weighted by Crippen LogP contribution is 2.45. The molecule has 160 valence electrons.